The molecule has 0 aromatic carbocycles. The van der Waals surface area contributed by atoms with E-state index in [4.69, 9.17) is 0 Å². The van der Waals surface area contributed by atoms with E-state index in [2.05, 4.69) is 78.9 Å². The molecule has 2 nitrogen and oxygen atoms in total. The predicted octanol–water partition coefficient (Wildman–Crippen LogP) is 5.14. The molecule has 0 rings (SSSR count). The molecule has 0 aromatic heterocycles. The van der Waals surface area contributed by atoms with Gasteiger partial charge in [-0.1, -0.05) is 0 Å². The van der Waals surface area contributed by atoms with Crippen LogP contribution in [0.3, 0.4) is 0 Å². The summed E-state index contributed by atoms with van der Waals surface area (Å²) in [6.07, 6.45) is 0. The van der Waals surface area contributed by atoms with Gasteiger partial charge in [-0.3, -0.25) is 0 Å². The monoisotopic (exact) mass is 202 g/mol. The highest BCUT2D eigenvalue weighted by Crippen LogP contribution is 0.872. The Labute approximate surface area is 91.9 Å². The maximum absolute atomic E-state index is 3.00. The molecule has 0 amide bonds. The summed E-state index contributed by atoms with van der Waals surface area (Å²) in [5.74, 6) is 0. The number of hydrogen-bond donors (Lipinski definition) is 2. The molecular formula is C12H30N2. The van der Waals surface area contributed by atoms with E-state index in [1.165, 1.54) is 0 Å². The van der Waals surface area contributed by atoms with Crippen molar-refractivity contribution < 1.29 is 0 Å². The molecule has 0 aromatic rings. The Balaban J connectivity index is -0.00000000500. The average molecular weight is 202 g/mol. The van der Waals surface area contributed by atoms with Crippen molar-refractivity contribution in [2.24, 2.45) is 0 Å². The van der Waals surface area contributed by atoms with E-state index in [9.17, 15) is 0 Å². The molecule has 0 atom stereocenters. The van der Waals surface area contributed by atoms with Crippen molar-refractivity contribution in [2.75, 3.05) is 0 Å². The second kappa shape index (κ2) is 453. The van der Waals surface area contributed by atoms with Gasteiger partial charge in [0, 0.05) is 0 Å². The maximum Gasteiger partial charge on any atom is -0.106 e. The minimum atomic E-state index is 0. The highest BCUT2D eigenvalue weighted by atomic mass is 14.0. The number of rotatable bonds is 0. The third-order valence-corrected chi connectivity index (χ3v) is 0. The van der Waals surface area contributed by atoms with Gasteiger partial charge in [-0.25, -0.2) is 0 Å². The van der Waals surface area contributed by atoms with Gasteiger partial charge >= 0.3 is 0 Å². The Morgan fingerprint density at radius 2 is 0.214 bits per heavy atom. The zero-order valence-corrected chi connectivity index (χ0v) is 9.90. The van der Waals surface area contributed by atoms with Crippen LogP contribution in [0.15, 0.2) is 78.9 Å². The van der Waals surface area contributed by atoms with Crippen LogP contribution in [0.2, 0.25) is 0 Å². The van der Waals surface area contributed by atoms with Gasteiger partial charge in [0.05, 0.1) is 0 Å². The Hall–Kier alpha value is -1.64. The van der Waals surface area contributed by atoms with Gasteiger partial charge in [0.25, 0.3) is 0 Å². The largest absolute Gasteiger partial charge is 0.344 e. The second-order valence-electron chi connectivity index (χ2n) is 0. The quantitative estimate of drug-likeness (QED) is 0.534. The topological polar surface area (TPSA) is 70.0 Å². The van der Waals surface area contributed by atoms with Gasteiger partial charge in [-0.05, 0) is 0 Å². The summed E-state index contributed by atoms with van der Waals surface area (Å²) >= 11 is 0. The van der Waals surface area contributed by atoms with Crippen LogP contribution in [0.5, 0.6) is 0 Å². The lowest BCUT2D eigenvalue weighted by atomic mass is 11.3. The molecule has 2 heteroatoms. The first-order valence-corrected chi connectivity index (χ1v) is 3.00. The van der Waals surface area contributed by atoms with Crippen LogP contribution in [0.4, 0.5) is 0 Å². The molecule has 0 fully saturated rings. The van der Waals surface area contributed by atoms with E-state index >= 15 is 0 Å². The van der Waals surface area contributed by atoms with Crippen molar-refractivity contribution in [2.45, 2.75) is 0 Å². The molecule has 0 aliphatic rings. The molecular weight excluding hydrogens is 172 g/mol. The van der Waals surface area contributed by atoms with Crippen LogP contribution in [0.25, 0.3) is 0 Å². The zero-order valence-electron chi connectivity index (χ0n) is 9.90. The first kappa shape index (κ1) is 83.9. The van der Waals surface area contributed by atoms with Gasteiger partial charge in [0.2, 0.25) is 0 Å². The standard InChI is InChI=1S/6C2H4.2H3N/c6*1-2;;/h6*1-2H2;2*1H3. The normalized spacial score (nSPS) is 1.71. The molecule has 0 saturated carbocycles. The zero-order chi connectivity index (χ0) is 12.0. The fourth-order valence-corrected chi connectivity index (χ4v) is 0. The van der Waals surface area contributed by atoms with Crippen LogP contribution in [-0.4, -0.2) is 0 Å². The summed E-state index contributed by atoms with van der Waals surface area (Å²) in [4.78, 5) is 0. The SMILES string of the molecule is C=C.C=C.C=C.C=C.C=C.C=C.N.N. The Kier molecular flexibility index (Phi) is 2720. The molecule has 0 heterocycles. The molecule has 0 saturated heterocycles. The van der Waals surface area contributed by atoms with Gasteiger partial charge in [0.15, 0.2) is 0 Å². The van der Waals surface area contributed by atoms with Gasteiger partial charge < -0.3 is 12.3 Å². The second-order valence-corrected chi connectivity index (χ2v) is 0. The first-order chi connectivity index (χ1) is 6.00. The van der Waals surface area contributed by atoms with Crippen LogP contribution in [0.1, 0.15) is 0 Å². The van der Waals surface area contributed by atoms with Gasteiger partial charge in [0.1, 0.15) is 0 Å². The molecule has 0 spiro atoms. The van der Waals surface area contributed by atoms with E-state index in [0.29, 0.717) is 0 Å². The predicted molar refractivity (Wildman–Crippen MR) is 77.6 cm³/mol. The van der Waals surface area contributed by atoms with Crippen molar-refractivity contribution in [1.29, 1.82) is 0 Å². The van der Waals surface area contributed by atoms with Crippen LogP contribution in [-0.2, 0) is 0 Å². The first-order valence-electron chi connectivity index (χ1n) is 3.00. The third-order valence-electron chi connectivity index (χ3n) is 0. The van der Waals surface area contributed by atoms with Crippen molar-refractivity contribution in [3.05, 3.63) is 78.9 Å². The fraction of sp³-hybridized carbons (Fsp3) is 0. The van der Waals surface area contributed by atoms with Crippen molar-refractivity contribution in [3.63, 3.8) is 0 Å². The molecule has 0 aliphatic heterocycles. The lowest BCUT2D eigenvalue weighted by Gasteiger charge is -0.813. The molecule has 14 heavy (non-hydrogen) atoms. The van der Waals surface area contributed by atoms with E-state index < -0.39 is 0 Å². The molecule has 6 N–H and O–H groups in total. The van der Waals surface area contributed by atoms with E-state index in [1.807, 2.05) is 0 Å². The Morgan fingerprint density at radius 3 is 0.214 bits per heavy atom. The third kappa shape index (κ3) is 337. The van der Waals surface area contributed by atoms with E-state index in [0.717, 1.165) is 0 Å². The van der Waals surface area contributed by atoms with Crippen molar-refractivity contribution >= 4 is 0 Å². The molecule has 0 aliphatic carbocycles. The van der Waals surface area contributed by atoms with E-state index in [1.54, 1.807) is 0 Å². The highest BCUT2D eigenvalue weighted by Gasteiger charge is 0.611. The van der Waals surface area contributed by atoms with Crippen molar-refractivity contribution in [1.82, 2.24) is 12.3 Å². The van der Waals surface area contributed by atoms with Crippen LogP contribution in [0, 0.1) is 0 Å². The highest BCUT2D eigenvalue weighted by molar-refractivity contribution is 4.23. The molecule has 0 unspecified atom stereocenters. The molecule has 0 bridgehead atoms. The molecule has 0 radical (unpaired) electrons. The van der Waals surface area contributed by atoms with Crippen LogP contribution < -0.4 is 12.3 Å². The minimum Gasteiger partial charge on any atom is -0.344 e. The summed E-state index contributed by atoms with van der Waals surface area (Å²) in [5, 5.41) is 0. The van der Waals surface area contributed by atoms with E-state index in [-0.39, 0.29) is 12.3 Å². The lowest BCUT2D eigenvalue weighted by Crippen LogP contribution is -0.552. The summed E-state index contributed by atoms with van der Waals surface area (Å²) < 4.78 is 0. The minimum absolute atomic E-state index is 0. The summed E-state index contributed by atoms with van der Waals surface area (Å²) in [5.41, 5.74) is 0. The lowest BCUT2D eigenvalue weighted by molar-refractivity contribution is 2.13. The Morgan fingerprint density at radius 1 is 0.214 bits per heavy atom. The average Bonchev–Trinajstić information content (AvgIpc) is 2.33. The number of hydrogen-bond acceptors (Lipinski definition) is 2. The maximum atomic E-state index is 3.00. The summed E-state index contributed by atoms with van der Waals surface area (Å²) in [6, 6.07) is 0. The smallest absolute Gasteiger partial charge is 0.106 e. The van der Waals surface area contributed by atoms with Gasteiger partial charge in [-0.2, -0.15) is 0 Å². The fourth-order valence-electron chi connectivity index (χ4n) is 0. The van der Waals surface area contributed by atoms with Crippen molar-refractivity contribution in [3.8, 4) is 0 Å². The molecule has 88 valence electrons. The Bertz CT molecular complexity index is 23.8. The van der Waals surface area contributed by atoms with Crippen LogP contribution >= 0.6 is 0 Å². The van der Waals surface area contributed by atoms with Gasteiger partial charge in [-0.15, -0.1) is 78.9 Å². The summed E-state index contributed by atoms with van der Waals surface area (Å²) in [6.45, 7) is 36.0. The summed E-state index contributed by atoms with van der Waals surface area (Å²) in [7, 11) is 0.